The Kier molecular flexibility index (Phi) is 4.82. The number of nitrogens with two attached hydrogens (primary N) is 1. The summed E-state index contributed by atoms with van der Waals surface area (Å²) in [6.07, 6.45) is 3.52. The Labute approximate surface area is 115 Å². The third-order valence-electron chi connectivity index (χ3n) is 3.85. The summed E-state index contributed by atoms with van der Waals surface area (Å²) >= 11 is 0. The molecule has 19 heavy (non-hydrogen) atoms. The zero-order chi connectivity index (χ0) is 13.8. The predicted octanol–water partition coefficient (Wildman–Crippen LogP) is 1.24. The van der Waals surface area contributed by atoms with E-state index in [1.165, 1.54) is 11.4 Å². The van der Waals surface area contributed by atoms with E-state index < -0.39 is 0 Å². The highest BCUT2D eigenvalue weighted by molar-refractivity contribution is 5.50. The van der Waals surface area contributed by atoms with Crippen molar-refractivity contribution in [2.45, 2.75) is 39.2 Å². The van der Waals surface area contributed by atoms with Gasteiger partial charge in [0.15, 0.2) is 0 Å². The molecule has 1 aliphatic heterocycles. The fourth-order valence-corrected chi connectivity index (χ4v) is 2.99. The quantitative estimate of drug-likeness (QED) is 0.871. The van der Waals surface area contributed by atoms with Crippen LogP contribution in [0.15, 0.2) is 0 Å². The monoisotopic (exact) mass is 266 g/mol. The predicted molar refractivity (Wildman–Crippen MR) is 77.6 cm³/mol. The van der Waals surface area contributed by atoms with Gasteiger partial charge in [-0.15, -0.1) is 0 Å². The van der Waals surface area contributed by atoms with Crippen molar-refractivity contribution in [3.05, 3.63) is 11.3 Å². The van der Waals surface area contributed by atoms with Crippen LogP contribution in [-0.4, -0.2) is 42.1 Å². The second kappa shape index (κ2) is 6.39. The van der Waals surface area contributed by atoms with Crippen LogP contribution < -0.4 is 10.6 Å². The van der Waals surface area contributed by atoms with E-state index in [1.54, 1.807) is 0 Å². The summed E-state index contributed by atoms with van der Waals surface area (Å²) in [7, 11) is 2.02. The molecule has 108 valence electrons. The lowest BCUT2D eigenvalue weighted by molar-refractivity contribution is 0.0457. The zero-order valence-electron chi connectivity index (χ0n) is 12.4. The summed E-state index contributed by atoms with van der Waals surface area (Å²) in [5.41, 5.74) is 8.13. The van der Waals surface area contributed by atoms with Crippen molar-refractivity contribution in [3.8, 4) is 0 Å². The fraction of sp³-hybridized carbons (Fsp3) is 0.786. The van der Waals surface area contributed by atoms with Gasteiger partial charge in [0, 0.05) is 32.3 Å². The number of rotatable bonds is 5. The minimum absolute atomic E-state index is 0.425. The number of aryl methyl sites for hydroxylation is 2. The first-order chi connectivity index (χ1) is 9.17. The molecule has 0 aromatic carbocycles. The molecule has 2 N–H and O–H groups in total. The molecular weight excluding hydrogens is 240 g/mol. The van der Waals surface area contributed by atoms with Gasteiger partial charge in [0.1, 0.15) is 5.82 Å². The minimum Gasteiger partial charge on any atom is -0.378 e. The highest BCUT2D eigenvalue weighted by atomic mass is 16.5. The molecule has 5 nitrogen and oxygen atoms in total. The number of piperidine rings is 1. The largest absolute Gasteiger partial charge is 0.378 e. The Morgan fingerprint density at radius 2 is 2.05 bits per heavy atom. The molecule has 1 aromatic heterocycles. The first kappa shape index (κ1) is 14.3. The van der Waals surface area contributed by atoms with E-state index in [1.807, 2.05) is 11.7 Å². The average Bonchev–Trinajstić information content (AvgIpc) is 2.67. The SMILES string of the molecule is CCOC1CCN(c2c(CCN)c(C)nn2C)CC1. The molecule has 0 saturated carbocycles. The molecule has 0 spiro atoms. The molecule has 0 unspecified atom stereocenters. The van der Waals surface area contributed by atoms with Crippen LogP contribution in [0.2, 0.25) is 0 Å². The van der Waals surface area contributed by atoms with Crippen LogP contribution in [0.1, 0.15) is 31.0 Å². The van der Waals surface area contributed by atoms with Gasteiger partial charge in [-0.3, -0.25) is 4.68 Å². The molecule has 1 saturated heterocycles. The number of hydrogen-bond donors (Lipinski definition) is 1. The molecule has 0 atom stereocenters. The van der Waals surface area contributed by atoms with E-state index in [0.717, 1.165) is 44.7 Å². The Morgan fingerprint density at radius 1 is 1.37 bits per heavy atom. The lowest BCUT2D eigenvalue weighted by atomic mass is 10.1. The summed E-state index contributed by atoms with van der Waals surface area (Å²) in [4.78, 5) is 2.43. The lowest BCUT2D eigenvalue weighted by Crippen LogP contribution is -2.38. The third-order valence-corrected chi connectivity index (χ3v) is 3.85. The number of anilines is 1. The molecule has 0 amide bonds. The Bertz CT molecular complexity index is 408. The van der Waals surface area contributed by atoms with E-state index in [9.17, 15) is 0 Å². The van der Waals surface area contributed by atoms with E-state index in [2.05, 4.69) is 23.8 Å². The molecular formula is C14H26N4O. The Hall–Kier alpha value is -1.07. The van der Waals surface area contributed by atoms with Gasteiger partial charge in [0.05, 0.1) is 11.8 Å². The van der Waals surface area contributed by atoms with E-state index in [4.69, 9.17) is 10.5 Å². The molecule has 0 bridgehead atoms. The van der Waals surface area contributed by atoms with Crippen molar-refractivity contribution >= 4 is 5.82 Å². The Balaban J connectivity index is 2.10. The van der Waals surface area contributed by atoms with E-state index in [-0.39, 0.29) is 0 Å². The van der Waals surface area contributed by atoms with Crippen LogP contribution in [0.3, 0.4) is 0 Å². The first-order valence-corrected chi connectivity index (χ1v) is 7.26. The maximum absolute atomic E-state index is 5.72. The van der Waals surface area contributed by atoms with Gasteiger partial charge in [-0.05, 0) is 39.7 Å². The van der Waals surface area contributed by atoms with Crippen LogP contribution in [0.5, 0.6) is 0 Å². The minimum atomic E-state index is 0.425. The molecule has 2 rings (SSSR count). The average molecular weight is 266 g/mol. The van der Waals surface area contributed by atoms with Crippen molar-refractivity contribution in [1.82, 2.24) is 9.78 Å². The van der Waals surface area contributed by atoms with Gasteiger partial charge in [-0.2, -0.15) is 5.10 Å². The highest BCUT2D eigenvalue weighted by Gasteiger charge is 2.24. The van der Waals surface area contributed by atoms with Crippen molar-refractivity contribution in [2.75, 3.05) is 31.1 Å². The molecule has 0 radical (unpaired) electrons. The zero-order valence-corrected chi connectivity index (χ0v) is 12.4. The molecule has 0 aliphatic carbocycles. The van der Waals surface area contributed by atoms with Gasteiger partial charge in [-0.1, -0.05) is 0 Å². The van der Waals surface area contributed by atoms with Gasteiger partial charge in [0.25, 0.3) is 0 Å². The van der Waals surface area contributed by atoms with E-state index in [0.29, 0.717) is 12.6 Å². The fourth-order valence-electron chi connectivity index (χ4n) is 2.99. The summed E-state index contributed by atoms with van der Waals surface area (Å²) in [6, 6.07) is 0. The highest BCUT2D eigenvalue weighted by Crippen LogP contribution is 2.27. The maximum Gasteiger partial charge on any atom is 0.130 e. The smallest absolute Gasteiger partial charge is 0.130 e. The number of nitrogens with zero attached hydrogens (tertiary/aromatic N) is 3. The van der Waals surface area contributed by atoms with Crippen LogP contribution in [0.4, 0.5) is 5.82 Å². The van der Waals surface area contributed by atoms with Crippen molar-refractivity contribution in [2.24, 2.45) is 12.8 Å². The molecule has 1 fully saturated rings. The van der Waals surface area contributed by atoms with E-state index >= 15 is 0 Å². The van der Waals surface area contributed by atoms with Crippen LogP contribution in [0.25, 0.3) is 0 Å². The lowest BCUT2D eigenvalue weighted by Gasteiger charge is -2.33. The molecule has 1 aliphatic rings. The van der Waals surface area contributed by atoms with Gasteiger partial charge in [0.2, 0.25) is 0 Å². The number of aromatic nitrogens is 2. The second-order valence-electron chi connectivity index (χ2n) is 5.19. The van der Waals surface area contributed by atoms with Crippen molar-refractivity contribution in [1.29, 1.82) is 0 Å². The first-order valence-electron chi connectivity index (χ1n) is 7.26. The third kappa shape index (κ3) is 3.09. The maximum atomic E-state index is 5.72. The second-order valence-corrected chi connectivity index (χ2v) is 5.19. The van der Waals surface area contributed by atoms with Gasteiger partial charge >= 0.3 is 0 Å². The van der Waals surface area contributed by atoms with Crippen LogP contribution in [0, 0.1) is 6.92 Å². The van der Waals surface area contributed by atoms with Gasteiger partial charge < -0.3 is 15.4 Å². The molecule has 5 heteroatoms. The van der Waals surface area contributed by atoms with Crippen LogP contribution in [-0.2, 0) is 18.2 Å². The van der Waals surface area contributed by atoms with Crippen molar-refractivity contribution < 1.29 is 4.74 Å². The van der Waals surface area contributed by atoms with Crippen molar-refractivity contribution in [3.63, 3.8) is 0 Å². The molecule has 2 heterocycles. The summed E-state index contributed by atoms with van der Waals surface area (Å²) in [6.45, 7) is 7.71. The molecule has 1 aromatic rings. The Morgan fingerprint density at radius 3 is 2.63 bits per heavy atom. The summed E-state index contributed by atoms with van der Waals surface area (Å²) in [5, 5.41) is 4.55. The van der Waals surface area contributed by atoms with Crippen LogP contribution >= 0.6 is 0 Å². The number of ether oxygens (including phenoxy) is 1. The summed E-state index contributed by atoms with van der Waals surface area (Å²) in [5.74, 6) is 1.25. The summed E-state index contributed by atoms with van der Waals surface area (Å²) < 4.78 is 7.71. The topological polar surface area (TPSA) is 56.3 Å². The number of hydrogen-bond acceptors (Lipinski definition) is 4. The van der Waals surface area contributed by atoms with Gasteiger partial charge in [-0.25, -0.2) is 0 Å². The normalized spacial score (nSPS) is 17.2. The standard InChI is InChI=1S/C14H26N4O/c1-4-19-12-6-9-18(10-7-12)14-13(5-8-15)11(2)16-17(14)3/h12H,4-10,15H2,1-3H3.